The van der Waals surface area contributed by atoms with Gasteiger partial charge < -0.3 is 0 Å². The van der Waals surface area contributed by atoms with E-state index >= 15 is 0 Å². The molecule has 1 aliphatic rings. The van der Waals surface area contributed by atoms with Gasteiger partial charge in [0.05, 0.1) is 0 Å². The third kappa shape index (κ3) is 7.81. The van der Waals surface area contributed by atoms with Crippen LogP contribution in [0.2, 0.25) is 0 Å². The Balaban J connectivity index is 2.43. The number of non-ortho nitro benzene ring substituents is 1. The second kappa shape index (κ2) is 11.7. The van der Waals surface area contributed by atoms with E-state index in [2.05, 4.69) is 0 Å². The van der Waals surface area contributed by atoms with E-state index in [-0.39, 0.29) is 12.3 Å². The number of rotatable bonds is 8. The van der Waals surface area contributed by atoms with E-state index in [1.165, 1.54) is 31.2 Å². The molecule has 180 valence electrons. The van der Waals surface area contributed by atoms with Gasteiger partial charge >= 0.3 is 195 Å². The zero-order chi connectivity index (χ0) is 24.7. The van der Waals surface area contributed by atoms with E-state index in [0.717, 1.165) is 20.8 Å². The van der Waals surface area contributed by atoms with Gasteiger partial charge in [0.25, 0.3) is 0 Å². The second-order valence-electron chi connectivity index (χ2n) is 6.94. The molecule has 0 aliphatic carbocycles. The average Bonchev–Trinajstić information content (AvgIpc) is 2.70. The zero-order valence-corrected chi connectivity index (χ0v) is 20.0. The Labute approximate surface area is 195 Å². The SMILES string of the molecule is CC(=O)OC[C@H]1O[C@@H]([Se]c2ccc([N+](=O)[O-])cc2)[C@H](OC(C)=O)[C@@H](OC(C)=O)[C@H]1OC(C)=O. The van der Waals surface area contributed by atoms with Crippen LogP contribution < -0.4 is 4.46 Å². The molecule has 1 fully saturated rings. The van der Waals surface area contributed by atoms with Gasteiger partial charge in [-0.2, -0.15) is 0 Å². The maximum atomic E-state index is 11.8. The average molecular weight is 532 g/mol. The summed E-state index contributed by atoms with van der Waals surface area (Å²) in [5.41, 5.74) is -0.101. The molecule has 1 saturated heterocycles. The van der Waals surface area contributed by atoms with Crippen LogP contribution in [-0.4, -0.2) is 79.8 Å². The summed E-state index contributed by atoms with van der Waals surface area (Å²) in [6.45, 7) is 4.31. The van der Waals surface area contributed by atoms with E-state index in [9.17, 15) is 29.3 Å². The van der Waals surface area contributed by atoms with Crippen LogP contribution in [0.5, 0.6) is 0 Å². The van der Waals surface area contributed by atoms with Gasteiger partial charge in [0.15, 0.2) is 0 Å². The molecule has 1 aliphatic heterocycles. The Kier molecular flexibility index (Phi) is 9.32. The van der Waals surface area contributed by atoms with E-state index in [0.29, 0.717) is 4.46 Å². The molecule has 13 heteroatoms. The second-order valence-corrected chi connectivity index (χ2v) is 9.39. The summed E-state index contributed by atoms with van der Waals surface area (Å²) in [5.74, 6) is -2.73. The van der Waals surface area contributed by atoms with Crippen molar-refractivity contribution in [3.63, 3.8) is 0 Å². The van der Waals surface area contributed by atoms with Gasteiger partial charge in [-0.1, -0.05) is 0 Å². The van der Waals surface area contributed by atoms with Crippen molar-refractivity contribution in [2.24, 2.45) is 0 Å². The van der Waals surface area contributed by atoms with Crippen LogP contribution in [0.25, 0.3) is 0 Å². The first kappa shape index (κ1) is 26.2. The first-order valence-corrected chi connectivity index (χ1v) is 11.5. The summed E-state index contributed by atoms with van der Waals surface area (Å²) in [5, 5.41) is 10.1. The Morgan fingerprint density at radius 2 is 1.39 bits per heavy atom. The van der Waals surface area contributed by atoms with Gasteiger partial charge in [-0.25, -0.2) is 0 Å². The minimum atomic E-state index is -1.24. The number of benzene rings is 1. The fourth-order valence-corrected chi connectivity index (χ4v) is 5.38. The third-order valence-corrected chi connectivity index (χ3v) is 6.67. The Hall–Kier alpha value is -3.02. The molecule has 1 aromatic rings. The normalized spacial score (nSPS) is 24.3. The summed E-state index contributed by atoms with van der Waals surface area (Å²) in [6, 6.07) is 5.71. The molecule has 0 spiro atoms. The van der Waals surface area contributed by atoms with Crippen molar-refractivity contribution in [2.45, 2.75) is 57.1 Å². The van der Waals surface area contributed by atoms with Gasteiger partial charge in [0.2, 0.25) is 0 Å². The molecule has 33 heavy (non-hydrogen) atoms. The maximum absolute atomic E-state index is 11.8. The number of carbonyl (C=O) groups is 4. The van der Waals surface area contributed by atoms with Crippen LogP contribution in [0, 0.1) is 10.1 Å². The van der Waals surface area contributed by atoms with Crippen molar-refractivity contribution in [1.29, 1.82) is 0 Å². The molecule has 0 bridgehead atoms. The van der Waals surface area contributed by atoms with Gasteiger partial charge in [0.1, 0.15) is 0 Å². The van der Waals surface area contributed by atoms with Crippen LogP contribution in [0.1, 0.15) is 27.7 Å². The molecule has 1 aromatic carbocycles. The molecule has 0 N–H and O–H groups in total. The van der Waals surface area contributed by atoms with Crippen molar-refractivity contribution < 1.29 is 47.8 Å². The first-order chi connectivity index (χ1) is 15.5. The molecule has 1 heterocycles. The number of nitro groups is 1. The van der Waals surface area contributed by atoms with Crippen LogP contribution in [0.4, 0.5) is 5.69 Å². The number of nitrogens with zero attached hydrogens (tertiary/aromatic N) is 1. The topological polar surface area (TPSA) is 158 Å². The molecule has 5 atom stereocenters. The predicted molar refractivity (Wildman–Crippen MR) is 110 cm³/mol. The summed E-state index contributed by atoms with van der Waals surface area (Å²) in [6.07, 6.45) is -4.65. The fraction of sp³-hybridized carbons (Fsp3) is 0.500. The van der Waals surface area contributed by atoms with Crippen LogP contribution >= 0.6 is 0 Å². The van der Waals surface area contributed by atoms with Crippen LogP contribution in [0.3, 0.4) is 0 Å². The van der Waals surface area contributed by atoms with Crippen molar-refractivity contribution >= 4 is 49.0 Å². The van der Waals surface area contributed by atoms with Crippen molar-refractivity contribution in [3.8, 4) is 0 Å². The minimum absolute atomic E-state index is 0.101. The third-order valence-electron chi connectivity index (χ3n) is 4.25. The number of nitro benzene ring substituents is 1. The molecule has 0 amide bonds. The standard InChI is InChI=1S/C20H23NO11Se/c1-10(22)28-9-16-17(29-11(2)23)18(30-12(3)24)19(31-13(4)25)20(32-16)33-15-7-5-14(6-8-15)21(26)27/h5-8,16-20H,9H2,1-4H3/t16-,17+,18+,19-,20+/m1/s1. The van der Waals surface area contributed by atoms with E-state index in [4.69, 9.17) is 23.7 Å². The molecular weight excluding hydrogens is 509 g/mol. The van der Waals surface area contributed by atoms with Crippen LogP contribution in [-0.2, 0) is 42.9 Å². The molecule has 0 aromatic heterocycles. The Morgan fingerprint density at radius 1 is 0.879 bits per heavy atom. The van der Waals surface area contributed by atoms with Gasteiger partial charge in [-0.15, -0.1) is 0 Å². The zero-order valence-electron chi connectivity index (χ0n) is 18.2. The summed E-state index contributed by atoms with van der Waals surface area (Å²) in [7, 11) is 0. The van der Waals surface area contributed by atoms with Crippen molar-refractivity contribution in [1.82, 2.24) is 0 Å². The number of carbonyl (C=O) groups excluding carboxylic acids is 4. The first-order valence-electron chi connectivity index (χ1n) is 9.69. The van der Waals surface area contributed by atoms with Crippen molar-refractivity contribution in [2.75, 3.05) is 6.61 Å². The fourth-order valence-electron chi connectivity index (χ4n) is 3.06. The van der Waals surface area contributed by atoms with E-state index in [1.54, 1.807) is 0 Å². The Bertz CT molecular complexity index is 904. The monoisotopic (exact) mass is 533 g/mol. The molecular formula is C20H23NO11Se. The number of esters is 4. The van der Waals surface area contributed by atoms with Gasteiger partial charge in [-0.05, 0) is 0 Å². The molecule has 0 unspecified atom stereocenters. The van der Waals surface area contributed by atoms with Crippen molar-refractivity contribution in [3.05, 3.63) is 34.4 Å². The number of hydrogen-bond acceptors (Lipinski definition) is 11. The molecule has 0 saturated carbocycles. The number of ether oxygens (including phenoxy) is 5. The van der Waals surface area contributed by atoms with E-state index < -0.39 is 73.2 Å². The Morgan fingerprint density at radius 3 is 1.88 bits per heavy atom. The van der Waals surface area contributed by atoms with Gasteiger partial charge in [0, 0.05) is 0 Å². The molecule has 0 radical (unpaired) electrons. The van der Waals surface area contributed by atoms with E-state index in [1.807, 2.05) is 0 Å². The number of hydrogen-bond donors (Lipinski definition) is 0. The summed E-state index contributed by atoms with van der Waals surface area (Å²) in [4.78, 5) is 57.1. The summed E-state index contributed by atoms with van der Waals surface area (Å²) < 4.78 is 27.8. The molecule has 12 nitrogen and oxygen atoms in total. The van der Waals surface area contributed by atoms with Gasteiger partial charge in [-0.3, -0.25) is 0 Å². The predicted octanol–water partition coefficient (Wildman–Crippen LogP) is 0.00740. The quantitative estimate of drug-likeness (QED) is 0.146. The van der Waals surface area contributed by atoms with Crippen LogP contribution in [0.15, 0.2) is 24.3 Å². The molecule has 2 rings (SSSR count). The summed E-state index contributed by atoms with van der Waals surface area (Å²) >= 11 is -0.608.